The molecule has 26 heavy (non-hydrogen) atoms. The molecule has 0 aromatic heterocycles. The zero-order chi connectivity index (χ0) is 18.5. The van der Waals surface area contributed by atoms with Crippen LogP contribution < -0.4 is 10.6 Å². The fraction of sp³-hybridized carbons (Fsp3) is 0.889. The van der Waals surface area contributed by atoms with Gasteiger partial charge in [-0.15, -0.1) is 24.0 Å². The molecule has 0 spiro atoms. The highest BCUT2D eigenvalue weighted by Gasteiger charge is 2.25. The average molecular weight is 501 g/mol. The number of unbranched alkanes of at least 4 members (excludes halogenated alkanes) is 3. The van der Waals surface area contributed by atoms with Gasteiger partial charge >= 0.3 is 5.97 Å². The molecule has 0 bridgehead atoms. The van der Waals surface area contributed by atoms with Gasteiger partial charge in [-0.2, -0.15) is 0 Å². The fourth-order valence-electron chi connectivity index (χ4n) is 3.20. The number of esters is 1. The Kier molecular flexibility index (Phi) is 15.4. The van der Waals surface area contributed by atoms with Gasteiger partial charge in [0.25, 0.3) is 0 Å². The largest absolute Gasteiger partial charge is 0.469 e. The lowest BCUT2D eigenvalue weighted by Gasteiger charge is -2.30. The Hall–Kier alpha value is -0.380. The van der Waals surface area contributed by atoms with Gasteiger partial charge in [-0.25, -0.2) is 0 Å². The van der Waals surface area contributed by atoms with E-state index in [2.05, 4.69) is 20.4 Å². The Morgan fingerprint density at radius 3 is 2.62 bits per heavy atom. The highest BCUT2D eigenvalue weighted by atomic mass is 127. The van der Waals surface area contributed by atoms with Gasteiger partial charge in [0, 0.05) is 47.9 Å². The SMILES string of the molecule is CCS(=O)C1CCCC(NC(=NC)NCCCCCCC(=O)OC)C1.I. The summed E-state index contributed by atoms with van der Waals surface area (Å²) in [4.78, 5) is 15.3. The number of methoxy groups -OCH3 is 1. The van der Waals surface area contributed by atoms with Gasteiger partial charge in [-0.1, -0.05) is 26.2 Å². The smallest absolute Gasteiger partial charge is 0.305 e. The van der Waals surface area contributed by atoms with Crippen molar-refractivity contribution in [1.29, 1.82) is 0 Å². The summed E-state index contributed by atoms with van der Waals surface area (Å²) in [5.41, 5.74) is 0. The second kappa shape index (κ2) is 15.7. The van der Waals surface area contributed by atoms with E-state index in [1.54, 1.807) is 7.05 Å². The maximum Gasteiger partial charge on any atom is 0.305 e. The predicted octanol–water partition coefficient (Wildman–Crippen LogP) is 2.97. The van der Waals surface area contributed by atoms with Gasteiger partial charge in [0.1, 0.15) is 0 Å². The van der Waals surface area contributed by atoms with E-state index in [1.807, 2.05) is 6.92 Å². The van der Waals surface area contributed by atoms with Crippen molar-refractivity contribution in [2.24, 2.45) is 4.99 Å². The first-order valence-corrected chi connectivity index (χ1v) is 10.9. The summed E-state index contributed by atoms with van der Waals surface area (Å²) in [6.45, 7) is 2.87. The lowest BCUT2D eigenvalue weighted by Crippen LogP contribution is -2.46. The summed E-state index contributed by atoms with van der Waals surface area (Å²) in [7, 11) is 2.52. The number of hydrogen-bond donors (Lipinski definition) is 2. The van der Waals surface area contributed by atoms with Crippen molar-refractivity contribution in [3.63, 3.8) is 0 Å². The highest BCUT2D eigenvalue weighted by Crippen LogP contribution is 2.22. The molecule has 0 saturated heterocycles. The van der Waals surface area contributed by atoms with Gasteiger partial charge in [0.05, 0.1) is 7.11 Å². The van der Waals surface area contributed by atoms with Crippen LogP contribution in [0.25, 0.3) is 0 Å². The Balaban J connectivity index is 0.00000625. The quantitative estimate of drug-likeness (QED) is 0.158. The summed E-state index contributed by atoms with van der Waals surface area (Å²) < 4.78 is 16.7. The van der Waals surface area contributed by atoms with Crippen LogP contribution >= 0.6 is 24.0 Å². The Labute approximate surface area is 178 Å². The first-order valence-electron chi connectivity index (χ1n) is 9.51. The molecule has 3 atom stereocenters. The molecule has 0 heterocycles. The van der Waals surface area contributed by atoms with Crippen LogP contribution in [0, 0.1) is 0 Å². The number of rotatable bonds is 10. The normalized spacial score (nSPS) is 21.4. The van der Waals surface area contributed by atoms with Gasteiger partial charge < -0.3 is 15.4 Å². The van der Waals surface area contributed by atoms with Crippen LogP contribution in [0.3, 0.4) is 0 Å². The van der Waals surface area contributed by atoms with E-state index in [1.165, 1.54) is 7.11 Å². The monoisotopic (exact) mass is 501 g/mol. The van der Waals surface area contributed by atoms with Crippen molar-refractivity contribution in [1.82, 2.24) is 10.6 Å². The molecule has 0 radical (unpaired) electrons. The molecule has 6 nitrogen and oxygen atoms in total. The third-order valence-corrected chi connectivity index (χ3v) is 6.42. The molecule has 1 aliphatic rings. The number of ether oxygens (including phenoxy) is 1. The summed E-state index contributed by atoms with van der Waals surface area (Å²) in [5.74, 6) is 1.46. The number of carbonyl (C=O) groups excluding carboxylic acids is 1. The summed E-state index contributed by atoms with van der Waals surface area (Å²) in [6.07, 6.45) is 8.86. The molecule has 3 unspecified atom stereocenters. The van der Waals surface area contributed by atoms with Crippen LogP contribution in [0.2, 0.25) is 0 Å². The third-order valence-electron chi connectivity index (χ3n) is 4.67. The lowest BCUT2D eigenvalue weighted by molar-refractivity contribution is -0.140. The van der Waals surface area contributed by atoms with Crippen LogP contribution in [-0.4, -0.2) is 53.9 Å². The molecule has 1 rings (SSSR count). The molecule has 0 aromatic carbocycles. The van der Waals surface area contributed by atoms with E-state index < -0.39 is 10.8 Å². The molecular weight excluding hydrogens is 465 g/mol. The zero-order valence-electron chi connectivity index (χ0n) is 16.4. The standard InChI is InChI=1S/C18H35N3O3S.HI/c1-4-25(23)16-11-9-10-15(14-16)21-18(19-2)20-13-8-6-5-7-12-17(22)24-3;/h15-16H,4-14H2,1-3H3,(H2,19,20,21);1H. The second-order valence-corrected chi connectivity index (χ2v) is 8.54. The van der Waals surface area contributed by atoms with Gasteiger partial charge in [-0.05, 0) is 32.1 Å². The minimum Gasteiger partial charge on any atom is -0.469 e. The fourth-order valence-corrected chi connectivity index (χ4v) is 4.54. The molecule has 0 aromatic rings. The predicted molar refractivity (Wildman–Crippen MR) is 120 cm³/mol. The topological polar surface area (TPSA) is 79.8 Å². The van der Waals surface area contributed by atoms with Crippen molar-refractivity contribution in [3.05, 3.63) is 0 Å². The van der Waals surface area contributed by atoms with Crippen LogP contribution in [-0.2, 0) is 20.3 Å². The minimum absolute atomic E-state index is 0. The molecule has 1 fully saturated rings. The lowest BCUT2D eigenvalue weighted by atomic mass is 9.95. The van der Waals surface area contributed by atoms with Crippen LogP contribution in [0.15, 0.2) is 4.99 Å². The maximum absolute atomic E-state index is 12.0. The minimum atomic E-state index is -0.699. The van der Waals surface area contributed by atoms with E-state index in [-0.39, 0.29) is 29.9 Å². The van der Waals surface area contributed by atoms with E-state index in [9.17, 15) is 9.00 Å². The summed E-state index contributed by atoms with van der Waals surface area (Å²) in [6, 6.07) is 0.362. The first-order chi connectivity index (χ1) is 12.1. The number of aliphatic imine (C=N–C) groups is 1. The zero-order valence-corrected chi connectivity index (χ0v) is 19.6. The molecule has 154 valence electrons. The second-order valence-electron chi connectivity index (χ2n) is 6.54. The number of guanidine groups is 1. The van der Waals surface area contributed by atoms with Gasteiger partial charge in [0.15, 0.2) is 5.96 Å². The summed E-state index contributed by atoms with van der Waals surface area (Å²) in [5, 5.41) is 7.16. The molecule has 2 N–H and O–H groups in total. The molecule has 8 heteroatoms. The Morgan fingerprint density at radius 1 is 1.23 bits per heavy atom. The van der Waals surface area contributed by atoms with Crippen LogP contribution in [0.4, 0.5) is 0 Å². The summed E-state index contributed by atoms with van der Waals surface area (Å²) >= 11 is 0. The number of nitrogens with one attached hydrogen (secondary N) is 2. The molecule has 0 amide bonds. The van der Waals surface area contributed by atoms with Crippen molar-refractivity contribution in [3.8, 4) is 0 Å². The molecule has 0 aliphatic heterocycles. The maximum atomic E-state index is 12.0. The van der Waals surface area contributed by atoms with E-state index in [0.29, 0.717) is 17.7 Å². The van der Waals surface area contributed by atoms with Crippen molar-refractivity contribution < 1.29 is 13.7 Å². The number of nitrogens with zero attached hydrogens (tertiary/aromatic N) is 1. The number of halogens is 1. The van der Waals surface area contributed by atoms with Crippen LogP contribution in [0.5, 0.6) is 0 Å². The Bertz CT molecular complexity index is 449. The van der Waals surface area contributed by atoms with Crippen molar-refractivity contribution in [2.75, 3.05) is 26.5 Å². The highest BCUT2D eigenvalue weighted by molar-refractivity contribution is 14.0. The van der Waals surface area contributed by atoms with E-state index in [0.717, 1.165) is 69.6 Å². The Morgan fingerprint density at radius 2 is 1.96 bits per heavy atom. The van der Waals surface area contributed by atoms with Gasteiger partial charge in [0.2, 0.25) is 0 Å². The van der Waals surface area contributed by atoms with E-state index in [4.69, 9.17) is 0 Å². The molecule has 1 aliphatic carbocycles. The number of carbonyl (C=O) groups is 1. The van der Waals surface area contributed by atoms with Crippen LogP contribution in [0.1, 0.15) is 64.7 Å². The van der Waals surface area contributed by atoms with Crippen molar-refractivity contribution >= 4 is 46.7 Å². The molecule has 1 saturated carbocycles. The van der Waals surface area contributed by atoms with Gasteiger partial charge in [-0.3, -0.25) is 14.0 Å². The van der Waals surface area contributed by atoms with Crippen molar-refractivity contribution in [2.45, 2.75) is 76.0 Å². The number of hydrogen-bond acceptors (Lipinski definition) is 4. The van der Waals surface area contributed by atoms with E-state index >= 15 is 0 Å². The molecular formula is C18H36IN3O3S. The third kappa shape index (κ3) is 10.7. The average Bonchev–Trinajstić information content (AvgIpc) is 2.65. The first kappa shape index (κ1) is 25.6.